The number of hydrogen-bond donors (Lipinski definition) is 1. The molecular formula is C9H14O2. The van der Waals surface area contributed by atoms with Gasteiger partial charge in [-0.25, -0.2) is 0 Å². The second-order valence-corrected chi connectivity index (χ2v) is 2.22. The second-order valence-electron chi connectivity index (χ2n) is 2.22. The van der Waals surface area contributed by atoms with E-state index >= 15 is 0 Å². The summed E-state index contributed by atoms with van der Waals surface area (Å²) in [5.74, 6) is -0.784. The minimum Gasteiger partial charge on any atom is -0.481 e. The Labute approximate surface area is 67.2 Å². The normalized spacial score (nSPS) is 12.4. The molecule has 0 rings (SSSR count). The van der Waals surface area contributed by atoms with Gasteiger partial charge in [0.05, 0.1) is 6.42 Å². The lowest BCUT2D eigenvalue weighted by molar-refractivity contribution is -0.135. The summed E-state index contributed by atoms with van der Waals surface area (Å²) in [4.78, 5) is 10.1. The maximum atomic E-state index is 10.1. The Balaban J connectivity index is 3.81. The van der Waals surface area contributed by atoms with Gasteiger partial charge in [-0.1, -0.05) is 30.7 Å². The number of aliphatic carboxylic acids is 1. The summed E-state index contributed by atoms with van der Waals surface area (Å²) in [6, 6.07) is 0. The van der Waals surface area contributed by atoms with E-state index in [-0.39, 0.29) is 6.42 Å². The van der Waals surface area contributed by atoms with Crippen molar-refractivity contribution in [3.8, 4) is 0 Å². The van der Waals surface area contributed by atoms with Crippen LogP contribution in [-0.4, -0.2) is 11.1 Å². The Hall–Kier alpha value is -1.05. The third-order valence-corrected chi connectivity index (χ3v) is 1.40. The number of allylic oxidation sites excluding steroid dienone is 3. The molecule has 2 heteroatoms. The molecule has 0 aromatic rings. The van der Waals surface area contributed by atoms with Crippen molar-refractivity contribution in [1.82, 2.24) is 0 Å². The average Bonchev–Trinajstić information content (AvgIpc) is 1.98. The highest BCUT2D eigenvalue weighted by atomic mass is 16.4. The van der Waals surface area contributed by atoms with Gasteiger partial charge in [0.15, 0.2) is 0 Å². The number of carboxylic acid groups (broad SMARTS) is 1. The van der Waals surface area contributed by atoms with Crippen LogP contribution in [0.15, 0.2) is 23.8 Å². The van der Waals surface area contributed by atoms with Crippen LogP contribution >= 0.6 is 0 Å². The summed E-state index contributed by atoms with van der Waals surface area (Å²) >= 11 is 0. The monoisotopic (exact) mass is 154 g/mol. The number of hydrogen-bond acceptors (Lipinski definition) is 1. The third-order valence-electron chi connectivity index (χ3n) is 1.40. The molecule has 0 unspecified atom stereocenters. The largest absolute Gasteiger partial charge is 0.481 e. The number of carbonyl (C=O) groups is 1. The molecular weight excluding hydrogens is 140 g/mol. The van der Waals surface area contributed by atoms with Crippen LogP contribution in [0.1, 0.15) is 26.7 Å². The van der Waals surface area contributed by atoms with Crippen molar-refractivity contribution >= 4 is 5.97 Å². The first kappa shape index (κ1) is 9.95. The summed E-state index contributed by atoms with van der Waals surface area (Å²) in [6.07, 6.45) is 6.57. The Morgan fingerprint density at radius 2 is 2.18 bits per heavy atom. The van der Waals surface area contributed by atoms with Crippen LogP contribution in [0.5, 0.6) is 0 Å². The standard InChI is InChI=1S/C9H14O2/c1-3-8(4-2)6-5-7-9(10)11/h3,5-6H,4,7H2,1-2H3,(H,10,11)/b6-5+,8-3+. The molecule has 0 bridgehead atoms. The van der Waals surface area contributed by atoms with Crippen LogP contribution in [0, 0.1) is 0 Å². The molecule has 1 N–H and O–H groups in total. The second kappa shape index (κ2) is 5.71. The molecule has 0 saturated carbocycles. The molecule has 0 heterocycles. The van der Waals surface area contributed by atoms with Crippen LogP contribution in [0.4, 0.5) is 0 Å². The van der Waals surface area contributed by atoms with E-state index in [4.69, 9.17) is 5.11 Å². The molecule has 0 radical (unpaired) electrons. The maximum absolute atomic E-state index is 10.1. The summed E-state index contributed by atoms with van der Waals surface area (Å²) in [5, 5.41) is 8.30. The van der Waals surface area contributed by atoms with Crippen molar-refractivity contribution in [2.45, 2.75) is 26.7 Å². The lowest BCUT2D eigenvalue weighted by atomic mass is 10.2. The molecule has 0 aromatic carbocycles. The molecule has 62 valence electrons. The molecule has 0 saturated heterocycles. The van der Waals surface area contributed by atoms with Gasteiger partial charge in [-0.3, -0.25) is 4.79 Å². The van der Waals surface area contributed by atoms with Crippen molar-refractivity contribution in [3.05, 3.63) is 23.8 Å². The molecule has 0 spiro atoms. The predicted octanol–water partition coefficient (Wildman–Crippen LogP) is 2.37. The Bertz CT molecular complexity index is 178. The van der Waals surface area contributed by atoms with Gasteiger partial charge in [0.2, 0.25) is 0 Å². The van der Waals surface area contributed by atoms with Gasteiger partial charge in [0.25, 0.3) is 0 Å². The lowest BCUT2D eigenvalue weighted by Gasteiger charge is -1.92. The Morgan fingerprint density at radius 1 is 1.55 bits per heavy atom. The quantitative estimate of drug-likeness (QED) is 0.631. The molecule has 0 aliphatic carbocycles. The Kier molecular flexibility index (Phi) is 5.17. The molecule has 0 atom stereocenters. The van der Waals surface area contributed by atoms with E-state index in [1.54, 1.807) is 6.08 Å². The van der Waals surface area contributed by atoms with Gasteiger partial charge in [-0.05, 0) is 13.3 Å². The zero-order valence-electron chi connectivity index (χ0n) is 7.00. The minimum absolute atomic E-state index is 0.108. The van der Waals surface area contributed by atoms with Crippen molar-refractivity contribution in [2.24, 2.45) is 0 Å². The first-order valence-electron chi connectivity index (χ1n) is 3.74. The van der Waals surface area contributed by atoms with E-state index in [1.165, 1.54) is 5.57 Å². The van der Waals surface area contributed by atoms with E-state index in [1.807, 2.05) is 26.0 Å². The highest BCUT2D eigenvalue weighted by molar-refractivity contribution is 5.68. The lowest BCUT2D eigenvalue weighted by Crippen LogP contribution is -1.89. The highest BCUT2D eigenvalue weighted by Crippen LogP contribution is 2.02. The average molecular weight is 154 g/mol. The summed E-state index contributed by atoms with van der Waals surface area (Å²) < 4.78 is 0. The van der Waals surface area contributed by atoms with Crippen molar-refractivity contribution < 1.29 is 9.90 Å². The zero-order chi connectivity index (χ0) is 8.69. The van der Waals surface area contributed by atoms with E-state index in [9.17, 15) is 4.79 Å². The maximum Gasteiger partial charge on any atom is 0.307 e. The van der Waals surface area contributed by atoms with Crippen LogP contribution in [-0.2, 0) is 4.79 Å². The first-order valence-corrected chi connectivity index (χ1v) is 3.74. The van der Waals surface area contributed by atoms with Crippen LogP contribution in [0.2, 0.25) is 0 Å². The summed E-state index contributed by atoms with van der Waals surface area (Å²) in [7, 11) is 0. The number of carboxylic acids is 1. The van der Waals surface area contributed by atoms with Crippen LogP contribution in [0.25, 0.3) is 0 Å². The molecule has 2 nitrogen and oxygen atoms in total. The summed E-state index contributed by atoms with van der Waals surface area (Å²) in [5.41, 5.74) is 1.17. The molecule has 11 heavy (non-hydrogen) atoms. The van der Waals surface area contributed by atoms with Crippen molar-refractivity contribution in [3.63, 3.8) is 0 Å². The smallest absolute Gasteiger partial charge is 0.307 e. The third kappa shape index (κ3) is 5.40. The van der Waals surface area contributed by atoms with Crippen molar-refractivity contribution in [1.29, 1.82) is 0 Å². The first-order chi connectivity index (χ1) is 5.20. The fourth-order valence-electron chi connectivity index (χ4n) is 0.729. The van der Waals surface area contributed by atoms with Gasteiger partial charge in [0.1, 0.15) is 0 Å². The van der Waals surface area contributed by atoms with E-state index in [0.29, 0.717) is 0 Å². The van der Waals surface area contributed by atoms with Gasteiger partial charge < -0.3 is 5.11 Å². The topological polar surface area (TPSA) is 37.3 Å². The van der Waals surface area contributed by atoms with Crippen LogP contribution in [0.3, 0.4) is 0 Å². The van der Waals surface area contributed by atoms with Gasteiger partial charge in [-0.15, -0.1) is 0 Å². The molecule has 0 aliphatic rings. The minimum atomic E-state index is -0.784. The van der Waals surface area contributed by atoms with E-state index in [2.05, 4.69) is 0 Å². The SMILES string of the molecule is C/C=C(/C=C/CC(=O)O)CC. The van der Waals surface area contributed by atoms with Gasteiger partial charge in [0, 0.05) is 0 Å². The van der Waals surface area contributed by atoms with Gasteiger partial charge in [-0.2, -0.15) is 0 Å². The Morgan fingerprint density at radius 3 is 2.55 bits per heavy atom. The molecule has 0 aromatic heterocycles. The molecule has 0 fully saturated rings. The molecule has 0 aliphatic heterocycles. The predicted molar refractivity (Wildman–Crippen MR) is 45.4 cm³/mol. The summed E-state index contributed by atoms with van der Waals surface area (Å²) in [6.45, 7) is 3.99. The number of rotatable bonds is 4. The molecule has 0 amide bonds. The van der Waals surface area contributed by atoms with E-state index in [0.717, 1.165) is 6.42 Å². The fraction of sp³-hybridized carbons (Fsp3) is 0.444. The van der Waals surface area contributed by atoms with E-state index < -0.39 is 5.97 Å². The zero-order valence-corrected chi connectivity index (χ0v) is 7.00. The highest BCUT2D eigenvalue weighted by Gasteiger charge is 1.89. The van der Waals surface area contributed by atoms with Gasteiger partial charge >= 0.3 is 5.97 Å². The van der Waals surface area contributed by atoms with Crippen LogP contribution < -0.4 is 0 Å². The fourth-order valence-corrected chi connectivity index (χ4v) is 0.729. The van der Waals surface area contributed by atoms with Crippen molar-refractivity contribution in [2.75, 3.05) is 0 Å².